The van der Waals surface area contributed by atoms with Gasteiger partial charge >= 0.3 is 0 Å². The van der Waals surface area contributed by atoms with Gasteiger partial charge in [-0.25, -0.2) is 4.39 Å². The van der Waals surface area contributed by atoms with Gasteiger partial charge in [0.25, 0.3) is 0 Å². The van der Waals surface area contributed by atoms with Crippen LogP contribution in [0.15, 0.2) is 27.2 Å². The van der Waals surface area contributed by atoms with E-state index in [2.05, 4.69) is 26.1 Å². The summed E-state index contributed by atoms with van der Waals surface area (Å²) in [6.07, 6.45) is 0.534. The predicted octanol–water partition coefficient (Wildman–Crippen LogP) is 2.14. The molecule has 0 aliphatic rings. The van der Waals surface area contributed by atoms with Crippen molar-refractivity contribution in [1.29, 1.82) is 0 Å². The Balaban J connectivity index is 2.35. The second kappa shape index (κ2) is 4.71. The van der Waals surface area contributed by atoms with Gasteiger partial charge in [-0.15, -0.1) is 0 Å². The Bertz CT molecular complexity index is 501. The van der Waals surface area contributed by atoms with Crippen LogP contribution < -0.4 is 5.73 Å². The monoisotopic (exact) mass is 285 g/mol. The van der Waals surface area contributed by atoms with Gasteiger partial charge in [0.2, 0.25) is 11.7 Å². The van der Waals surface area contributed by atoms with Gasteiger partial charge in [0.15, 0.2) is 0 Å². The maximum absolute atomic E-state index is 12.9. The molecule has 2 N–H and O–H groups in total. The smallest absolute Gasteiger partial charge is 0.228 e. The summed E-state index contributed by atoms with van der Waals surface area (Å²) < 4.78 is 18.5. The average molecular weight is 286 g/mol. The standard InChI is InChI=1S/C10H9BrFN3O/c11-8-5-6(12)1-2-7(8)10-14-9(3-4-13)16-15-10/h1-2,5H,3-4,13H2. The molecule has 4 nitrogen and oxygen atoms in total. The number of rotatable bonds is 3. The van der Waals surface area contributed by atoms with E-state index in [9.17, 15) is 4.39 Å². The highest BCUT2D eigenvalue weighted by molar-refractivity contribution is 9.10. The highest BCUT2D eigenvalue weighted by atomic mass is 79.9. The average Bonchev–Trinajstić information content (AvgIpc) is 2.67. The molecule has 0 unspecified atom stereocenters. The molecule has 1 aromatic carbocycles. The van der Waals surface area contributed by atoms with E-state index < -0.39 is 0 Å². The van der Waals surface area contributed by atoms with Gasteiger partial charge in [-0.05, 0) is 34.1 Å². The molecular formula is C10H9BrFN3O. The number of hydrogen-bond acceptors (Lipinski definition) is 4. The first-order valence-corrected chi connectivity index (χ1v) is 5.48. The Hall–Kier alpha value is -1.27. The summed E-state index contributed by atoms with van der Waals surface area (Å²) >= 11 is 3.25. The van der Waals surface area contributed by atoms with Crippen LogP contribution in [0.4, 0.5) is 4.39 Å². The van der Waals surface area contributed by atoms with Crippen molar-refractivity contribution in [2.75, 3.05) is 6.54 Å². The molecular weight excluding hydrogens is 277 g/mol. The quantitative estimate of drug-likeness (QED) is 0.938. The Morgan fingerprint density at radius 2 is 2.25 bits per heavy atom. The van der Waals surface area contributed by atoms with E-state index in [-0.39, 0.29) is 5.82 Å². The number of nitrogens with zero attached hydrogens (tertiary/aromatic N) is 2. The van der Waals surface area contributed by atoms with Crippen molar-refractivity contribution in [3.8, 4) is 11.4 Å². The maximum Gasteiger partial charge on any atom is 0.228 e. The molecule has 0 aliphatic carbocycles. The zero-order chi connectivity index (χ0) is 11.5. The zero-order valence-electron chi connectivity index (χ0n) is 8.28. The van der Waals surface area contributed by atoms with E-state index in [1.807, 2.05) is 0 Å². The molecule has 6 heteroatoms. The van der Waals surface area contributed by atoms with Crippen LogP contribution in [0.2, 0.25) is 0 Å². The SMILES string of the molecule is NCCc1nc(-c2ccc(F)cc2Br)no1. The van der Waals surface area contributed by atoms with Crippen LogP contribution in [0.3, 0.4) is 0 Å². The molecule has 0 bridgehead atoms. The molecule has 84 valence electrons. The van der Waals surface area contributed by atoms with Crippen molar-refractivity contribution in [3.05, 3.63) is 34.4 Å². The minimum Gasteiger partial charge on any atom is -0.339 e. The van der Waals surface area contributed by atoms with Crippen LogP contribution in [-0.4, -0.2) is 16.7 Å². The van der Waals surface area contributed by atoms with E-state index in [0.717, 1.165) is 0 Å². The van der Waals surface area contributed by atoms with Crippen molar-refractivity contribution < 1.29 is 8.91 Å². The lowest BCUT2D eigenvalue weighted by atomic mass is 10.2. The fraction of sp³-hybridized carbons (Fsp3) is 0.200. The van der Waals surface area contributed by atoms with Crippen molar-refractivity contribution in [1.82, 2.24) is 10.1 Å². The van der Waals surface area contributed by atoms with Gasteiger partial charge in [0.1, 0.15) is 5.82 Å². The highest BCUT2D eigenvalue weighted by Gasteiger charge is 2.11. The van der Waals surface area contributed by atoms with Crippen molar-refractivity contribution in [2.45, 2.75) is 6.42 Å². The third kappa shape index (κ3) is 2.28. The lowest BCUT2D eigenvalue weighted by Gasteiger charge is -1.97. The zero-order valence-corrected chi connectivity index (χ0v) is 9.87. The Labute approximate surface area is 99.8 Å². The van der Waals surface area contributed by atoms with Crippen LogP contribution in [-0.2, 0) is 6.42 Å². The third-order valence-corrected chi connectivity index (χ3v) is 2.65. The van der Waals surface area contributed by atoms with E-state index in [0.29, 0.717) is 34.7 Å². The molecule has 0 radical (unpaired) electrons. The first-order chi connectivity index (χ1) is 7.70. The highest BCUT2D eigenvalue weighted by Crippen LogP contribution is 2.26. The molecule has 2 rings (SSSR count). The molecule has 0 atom stereocenters. The lowest BCUT2D eigenvalue weighted by Crippen LogP contribution is -2.02. The Kier molecular flexibility index (Phi) is 3.31. The fourth-order valence-corrected chi connectivity index (χ4v) is 1.79. The van der Waals surface area contributed by atoms with Gasteiger partial charge in [0, 0.05) is 23.0 Å². The summed E-state index contributed by atoms with van der Waals surface area (Å²) in [4.78, 5) is 4.15. The molecule has 0 saturated carbocycles. The summed E-state index contributed by atoms with van der Waals surface area (Å²) in [5.41, 5.74) is 6.06. The predicted molar refractivity (Wildman–Crippen MR) is 60.2 cm³/mol. The Morgan fingerprint density at radius 1 is 1.44 bits per heavy atom. The second-order valence-corrected chi connectivity index (χ2v) is 4.03. The summed E-state index contributed by atoms with van der Waals surface area (Å²) in [7, 11) is 0. The van der Waals surface area contributed by atoms with Crippen LogP contribution in [0.1, 0.15) is 5.89 Å². The van der Waals surface area contributed by atoms with Crippen molar-refractivity contribution in [3.63, 3.8) is 0 Å². The molecule has 0 saturated heterocycles. The topological polar surface area (TPSA) is 64.9 Å². The molecule has 16 heavy (non-hydrogen) atoms. The van der Waals surface area contributed by atoms with Gasteiger partial charge in [-0.1, -0.05) is 5.16 Å². The largest absolute Gasteiger partial charge is 0.339 e. The molecule has 1 aromatic heterocycles. The van der Waals surface area contributed by atoms with Crippen molar-refractivity contribution in [2.24, 2.45) is 5.73 Å². The Morgan fingerprint density at radius 3 is 2.94 bits per heavy atom. The fourth-order valence-electron chi connectivity index (χ4n) is 1.26. The van der Waals surface area contributed by atoms with Gasteiger partial charge in [0.05, 0.1) is 0 Å². The number of nitrogens with two attached hydrogens (primary N) is 1. The summed E-state index contributed by atoms with van der Waals surface area (Å²) in [5.74, 6) is 0.588. The van der Waals surface area contributed by atoms with Crippen LogP contribution >= 0.6 is 15.9 Å². The van der Waals surface area contributed by atoms with Crippen LogP contribution in [0.5, 0.6) is 0 Å². The lowest BCUT2D eigenvalue weighted by molar-refractivity contribution is 0.380. The number of benzene rings is 1. The normalized spacial score (nSPS) is 10.7. The third-order valence-electron chi connectivity index (χ3n) is 2.00. The van der Waals surface area contributed by atoms with Gasteiger partial charge in [-0.2, -0.15) is 4.98 Å². The van der Waals surface area contributed by atoms with Crippen LogP contribution in [0, 0.1) is 5.82 Å². The second-order valence-electron chi connectivity index (χ2n) is 3.17. The molecule has 0 fully saturated rings. The summed E-state index contributed by atoms with van der Waals surface area (Å²) in [6, 6.07) is 4.30. The van der Waals surface area contributed by atoms with E-state index in [1.54, 1.807) is 6.07 Å². The number of halogens is 2. The maximum atomic E-state index is 12.9. The summed E-state index contributed by atoms with van der Waals surface area (Å²) in [5, 5.41) is 3.80. The first-order valence-electron chi connectivity index (χ1n) is 4.69. The van der Waals surface area contributed by atoms with Gasteiger partial charge < -0.3 is 10.3 Å². The van der Waals surface area contributed by atoms with E-state index in [1.165, 1.54) is 12.1 Å². The number of hydrogen-bond donors (Lipinski definition) is 1. The van der Waals surface area contributed by atoms with Gasteiger partial charge in [-0.3, -0.25) is 0 Å². The molecule has 0 aliphatic heterocycles. The first kappa shape index (κ1) is 11.2. The van der Waals surface area contributed by atoms with E-state index in [4.69, 9.17) is 10.3 Å². The van der Waals surface area contributed by atoms with E-state index >= 15 is 0 Å². The van der Waals surface area contributed by atoms with Crippen LogP contribution in [0.25, 0.3) is 11.4 Å². The molecule has 2 aromatic rings. The molecule has 0 amide bonds. The molecule has 1 heterocycles. The molecule has 0 spiro atoms. The summed E-state index contributed by atoms with van der Waals surface area (Å²) in [6.45, 7) is 0.451. The van der Waals surface area contributed by atoms with Crippen molar-refractivity contribution >= 4 is 15.9 Å². The number of aromatic nitrogens is 2. The minimum absolute atomic E-state index is 0.318. The minimum atomic E-state index is -0.318.